The molecule has 7 N–H and O–H groups in total. The predicted octanol–water partition coefficient (Wildman–Crippen LogP) is 4.16. The topological polar surface area (TPSA) is 103 Å². The third-order valence-electron chi connectivity index (χ3n) is 4.04. The number of hydrogen-bond acceptors (Lipinski definition) is 6. The van der Waals surface area contributed by atoms with Crippen molar-refractivity contribution in [3.05, 3.63) is 35.4 Å². The van der Waals surface area contributed by atoms with Gasteiger partial charge in [-0.2, -0.15) is 0 Å². The van der Waals surface area contributed by atoms with Crippen LogP contribution in [0.3, 0.4) is 0 Å². The first-order valence-corrected chi connectivity index (χ1v) is 8.99. The second-order valence-corrected chi connectivity index (χ2v) is 6.93. The summed E-state index contributed by atoms with van der Waals surface area (Å²) in [6, 6.07) is 2.82. The summed E-state index contributed by atoms with van der Waals surface area (Å²) >= 11 is 0. The average Bonchev–Trinajstić information content (AvgIpc) is 2.54. The molecule has 0 bridgehead atoms. The van der Waals surface area contributed by atoms with Crippen molar-refractivity contribution in [3.8, 4) is 5.75 Å². The summed E-state index contributed by atoms with van der Waals surface area (Å²) in [4.78, 5) is 1.42. The molecule has 28 heavy (non-hydrogen) atoms. The summed E-state index contributed by atoms with van der Waals surface area (Å²) in [5, 5.41) is 1.30. The Morgan fingerprint density at radius 2 is 1.93 bits per heavy atom. The number of halogens is 3. The minimum Gasteiger partial charge on any atom is -0.488 e. The molecule has 0 heterocycles. The van der Waals surface area contributed by atoms with Gasteiger partial charge in [0.2, 0.25) is 0 Å². The lowest BCUT2D eigenvalue weighted by Gasteiger charge is -2.30. The Kier molecular flexibility index (Phi) is 10.2. The van der Waals surface area contributed by atoms with E-state index in [9.17, 15) is 13.2 Å². The molecule has 0 aliphatic carbocycles. The number of ether oxygens (including phenoxy) is 1. The molecule has 6 nitrogen and oxygen atoms in total. The van der Waals surface area contributed by atoms with Crippen LogP contribution in [0.2, 0.25) is 0 Å². The number of hydrogen-bond donors (Lipinski definition) is 3. The second-order valence-electron chi connectivity index (χ2n) is 6.93. The van der Waals surface area contributed by atoms with Gasteiger partial charge in [-0.15, -0.1) is 0 Å². The van der Waals surface area contributed by atoms with Crippen LogP contribution in [-0.2, 0) is 6.42 Å². The van der Waals surface area contributed by atoms with E-state index < -0.39 is 18.3 Å². The Morgan fingerprint density at radius 3 is 2.43 bits per heavy atom. The number of benzene rings is 1. The summed E-state index contributed by atoms with van der Waals surface area (Å²) < 4.78 is 46.7. The van der Waals surface area contributed by atoms with Gasteiger partial charge in [-0.25, -0.2) is 19.0 Å². The summed E-state index contributed by atoms with van der Waals surface area (Å²) in [6.07, 6.45) is 2.34. The van der Waals surface area contributed by atoms with E-state index in [-0.39, 0.29) is 25.9 Å². The van der Waals surface area contributed by atoms with Gasteiger partial charge < -0.3 is 21.5 Å². The quantitative estimate of drug-likeness (QED) is 0.306. The molecule has 0 saturated heterocycles. The molecule has 9 heteroatoms. The Morgan fingerprint density at radius 1 is 1.32 bits per heavy atom. The summed E-state index contributed by atoms with van der Waals surface area (Å²) in [5.41, 5.74) is 6.95. The summed E-state index contributed by atoms with van der Waals surface area (Å²) in [7, 11) is 3.16. The average molecular weight is 408 g/mol. The fourth-order valence-electron chi connectivity index (χ4n) is 2.64. The van der Waals surface area contributed by atoms with Gasteiger partial charge in [0.1, 0.15) is 5.82 Å². The predicted molar refractivity (Wildman–Crippen MR) is 110 cm³/mol. The van der Waals surface area contributed by atoms with Crippen molar-refractivity contribution in [1.82, 2.24) is 16.1 Å². The molecule has 1 rings (SSSR count). The van der Waals surface area contributed by atoms with Crippen molar-refractivity contribution in [1.29, 1.82) is 0 Å². The molecular weight excluding hydrogens is 371 g/mol. The number of aryl methyl sites for hydroxylation is 1. The number of nitrogen functional groups attached to an aromatic ring is 1. The third kappa shape index (κ3) is 7.85. The zero-order valence-corrected chi connectivity index (χ0v) is 17.4. The number of hydrazine groups is 1. The maximum Gasteiger partial charge on any atom is 0.265 e. The molecule has 0 fully saturated rings. The standard InChI is InChI=1S/C19H31F3N4O.H3N.H2/c1-6-19(21,22)12-25(4)18(26(5)24)9-7-8-14-10-17(27-13(2)3)15(20)11-16(14)23;;/h9-11,13H,6-8,12,23-24H2,1-5H3;1H3;1H/b18-9-;;. The molecule has 164 valence electrons. The lowest BCUT2D eigenvalue weighted by molar-refractivity contribution is -0.0278. The minimum atomic E-state index is -2.80. The molecule has 0 amide bonds. The molecule has 0 unspecified atom stereocenters. The number of alkyl halides is 2. The van der Waals surface area contributed by atoms with E-state index >= 15 is 0 Å². The van der Waals surface area contributed by atoms with E-state index in [4.69, 9.17) is 16.3 Å². The Hall–Kier alpha value is -2.13. The van der Waals surface area contributed by atoms with Crippen molar-refractivity contribution < 1.29 is 19.3 Å². The van der Waals surface area contributed by atoms with Crippen molar-refractivity contribution in [2.24, 2.45) is 5.84 Å². The number of rotatable bonds is 10. The van der Waals surface area contributed by atoms with E-state index in [0.29, 0.717) is 24.4 Å². The number of anilines is 1. The smallest absolute Gasteiger partial charge is 0.265 e. The van der Waals surface area contributed by atoms with Crippen LogP contribution in [0.25, 0.3) is 0 Å². The molecule has 0 radical (unpaired) electrons. The Bertz CT molecular complexity index is 657. The first-order valence-electron chi connectivity index (χ1n) is 8.99. The maximum atomic E-state index is 13.9. The highest BCUT2D eigenvalue weighted by Crippen LogP contribution is 2.27. The van der Waals surface area contributed by atoms with Gasteiger partial charge in [0.15, 0.2) is 11.6 Å². The minimum absolute atomic E-state index is 0. The fourth-order valence-corrected chi connectivity index (χ4v) is 2.64. The fraction of sp³-hybridized carbons (Fsp3) is 0.579. The first kappa shape index (κ1) is 25.9. The van der Waals surface area contributed by atoms with E-state index in [1.807, 2.05) is 13.8 Å². The number of nitrogens with zero attached hydrogens (tertiary/aromatic N) is 2. The normalized spacial score (nSPS) is 12.0. The van der Waals surface area contributed by atoms with Crippen LogP contribution >= 0.6 is 0 Å². The molecule has 0 atom stereocenters. The molecule has 0 aliphatic rings. The van der Waals surface area contributed by atoms with Crippen molar-refractivity contribution in [2.45, 2.75) is 52.1 Å². The largest absolute Gasteiger partial charge is 0.488 e. The van der Waals surface area contributed by atoms with E-state index in [0.717, 1.165) is 5.56 Å². The highest BCUT2D eigenvalue weighted by molar-refractivity contribution is 5.51. The summed E-state index contributed by atoms with van der Waals surface area (Å²) in [6.45, 7) is 4.63. The molecule has 1 aromatic carbocycles. The van der Waals surface area contributed by atoms with Gasteiger partial charge >= 0.3 is 0 Å². The second kappa shape index (κ2) is 11.0. The van der Waals surface area contributed by atoms with Crippen molar-refractivity contribution in [3.63, 3.8) is 0 Å². The molecule has 0 aliphatic heterocycles. The van der Waals surface area contributed by atoms with Crippen LogP contribution < -0.4 is 22.5 Å². The van der Waals surface area contributed by atoms with Gasteiger partial charge in [0.25, 0.3) is 5.92 Å². The van der Waals surface area contributed by atoms with Crippen LogP contribution in [0, 0.1) is 5.82 Å². The third-order valence-corrected chi connectivity index (χ3v) is 4.04. The van der Waals surface area contributed by atoms with Crippen LogP contribution in [0.15, 0.2) is 24.0 Å². The van der Waals surface area contributed by atoms with Crippen LogP contribution in [0.4, 0.5) is 18.9 Å². The molecule has 0 saturated carbocycles. The Labute approximate surface area is 167 Å². The van der Waals surface area contributed by atoms with Gasteiger partial charge in [-0.05, 0) is 44.4 Å². The van der Waals surface area contributed by atoms with E-state index in [1.54, 1.807) is 26.2 Å². The molecular formula is C19H36F3N5O. The number of allylic oxidation sites excluding steroid dienone is 1. The van der Waals surface area contributed by atoms with Crippen LogP contribution in [0.1, 0.15) is 40.6 Å². The van der Waals surface area contributed by atoms with Gasteiger partial charge in [-0.3, -0.25) is 5.01 Å². The van der Waals surface area contributed by atoms with E-state index in [2.05, 4.69) is 0 Å². The highest BCUT2D eigenvalue weighted by atomic mass is 19.3. The van der Waals surface area contributed by atoms with Crippen molar-refractivity contribution in [2.75, 3.05) is 26.4 Å². The van der Waals surface area contributed by atoms with E-state index in [1.165, 1.54) is 22.9 Å². The Balaban J connectivity index is 0. The monoisotopic (exact) mass is 407 g/mol. The van der Waals surface area contributed by atoms with Crippen LogP contribution in [-0.4, -0.2) is 42.6 Å². The zero-order chi connectivity index (χ0) is 20.8. The lowest BCUT2D eigenvalue weighted by atomic mass is 10.1. The van der Waals surface area contributed by atoms with Gasteiger partial charge in [-0.1, -0.05) is 6.92 Å². The molecule has 0 spiro atoms. The molecule has 0 aromatic heterocycles. The van der Waals surface area contributed by atoms with Crippen LogP contribution in [0.5, 0.6) is 5.75 Å². The summed E-state index contributed by atoms with van der Waals surface area (Å²) in [5.74, 6) is 3.10. The SMILES string of the molecule is CCC(F)(F)CN(C)/C(=C/CCc1cc(OC(C)C)c(F)cc1N)N(C)N.N.[HH]. The van der Waals surface area contributed by atoms with Gasteiger partial charge in [0, 0.05) is 33.7 Å². The van der Waals surface area contributed by atoms with Crippen molar-refractivity contribution >= 4 is 5.69 Å². The number of nitrogens with two attached hydrogens (primary N) is 2. The first-order chi connectivity index (χ1) is 12.5. The maximum absolute atomic E-state index is 13.9. The zero-order valence-electron chi connectivity index (χ0n) is 17.4. The lowest BCUT2D eigenvalue weighted by Crippen LogP contribution is -2.40. The molecule has 1 aromatic rings. The van der Waals surface area contributed by atoms with Gasteiger partial charge in [0.05, 0.1) is 12.6 Å². The highest BCUT2D eigenvalue weighted by Gasteiger charge is 2.29.